The number of nitrogens with one attached hydrogen (secondary N) is 1. The highest BCUT2D eigenvalue weighted by atomic mass is 19.2. The van der Waals surface area contributed by atoms with Gasteiger partial charge in [0.15, 0.2) is 11.6 Å². The fraction of sp³-hybridized carbons (Fsp3) is 0.357. The van der Waals surface area contributed by atoms with Crippen molar-refractivity contribution < 1.29 is 8.78 Å². The number of benzene rings is 1. The molecule has 1 aromatic carbocycles. The summed E-state index contributed by atoms with van der Waals surface area (Å²) in [5.41, 5.74) is 3.95. The van der Waals surface area contributed by atoms with E-state index in [0.29, 0.717) is 13.1 Å². The molecular formula is C14H17F2N3. The molecule has 0 aliphatic rings. The van der Waals surface area contributed by atoms with Crippen LogP contribution in [0.15, 0.2) is 18.2 Å². The highest BCUT2D eigenvalue weighted by Crippen LogP contribution is 2.12. The largest absolute Gasteiger partial charge is 0.308 e. The minimum absolute atomic E-state index is 0.491. The third-order valence-electron chi connectivity index (χ3n) is 3.27. The fourth-order valence-electron chi connectivity index (χ4n) is 2.05. The Hall–Kier alpha value is -1.75. The molecule has 0 unspecified atom stereocenters. The molecule has 0 spiro atoms. The monoisotopic (exact) mass is 265 g/mol. The Morgan fingerprint density at radius 2 is 1.89 bits per heavy atom. The van der Waals surface area contributed by atoms with Crippen molar-refractivity contribution in [2.75, 3.05) is 0 Å². The van der Waals surface area contributed by atoms with Crippen LogP contribution < -0.4 is 5.32 Å². The minimum Gasteiger partial charge on any atom is -0.308 e. The number of hydrogen-bond acceptors (Lipinski definition) is 2. The molecule has 0 radical (unpaired) electrons. The second kappa shape index (κ2) is 5.48. The zero-order valence-electron chi connectivity index (χ0n) is 11.3. The van der Waals surface area contributed by atoms with Crippen LogP contribution in [0.5, 0.6) is 0 Å². The minimum atomic E-state index is -0.817. The molecular weight excluding hydrogens is 248 g/mol. The first kappa shape index (κ1) is 13.7. The van der Waals surface area contributed by atoms with Gasteiger partial charge in [-0.15, -0.1) is 0 Å². The maximum Gasteiger partial charge on any atom is 0.159 e. The first-order chi connectivity index (χ1) is 8.99. The standard InChI is InChI=1S/C14H17F2N3/c1-9-12(10(2)19(3)18-9)8-17-7-11-4-5-13(15)14(16)6-11/h4-6,17H,7-8H2,1-3H3. The lowest BCUT2D eigenvalue weighted by atomic mass is 10.2. The van der Waals surface area contributed by atoms with Crippen molar-refractivity contribution in [2.24, 2.45) is 7.05 Å². The third-order valence-corrected chi connectivity index (χ3v) is 3.27. The Bertz CT molecular complexity index is 591. The van der Waals surface area contributed by atoms with E-state index in [-0.39, 0.29) is 0 Å². The summed E-state index contributed by atoms with van der Waals surface area (Å²) in [4.78, 5) is 0. The molecule has 0 saturated carbocycles. The van der Waals surface area contributed by atoms with Crippen molar-refractivity contribution in [1.29, 1.82) is 0 Å². The average Bonchev–Trinajstić information content (AvgIpc) is 2.60. The molecule has 1 N–H and O–H groups in total. The molecule has 0 fully saturated rings. The number of rotatable bonds is 4. The molecule has 19 heavy (non-hydrogen) atoms. The molecule has 3 nitrogen and oxygen atoms in total. The van der Waals surface area contributed by atoms with Crippen LogP contribution in [0.1, 0.15) is 22.5 Å². The fourth-order valence-corrected chi connectivity index (χ4v) is 2.05. The number of nitrogens with zero attached hydrogens (tertiary/aromatic N) is 2. The van der Waals surface area contributed by atoms with E-state index in [2.05, 4.69) is 10.4 Å². The highest BCUT2D eigenvalue weighted by Gasteiger charge is 2.08. The van der Waals surface area contributed by atoms with Crippen LogP contribution in [-0.2, 0) is 20.1 Å². The molecule has 0 bridgehead atoms. The van der Waals surface area contributed by atoms with Crippen molar-refractivity contribution in [2.45, 2.75) is 26.9 Å². The van der Waals surface area contributed by atoms with E-state index < -0.39 is 11.6 Å². The lowest BCUT2D eigenvalue weighted by Gasteiger charge is -2.06. The van der Waals surface area contributed by atoms with Gasteiger partial charge in [-0.05, 0) is 31.5 Å². The van der Waals surface area contributed by atoms with Crippen molar-refractivity contribution >= 4 is 0 Å². The summed E-state index contributed by atoms with van der Waals surface area (Å²) >= 11 is 0. The smallest absolute Gasteiger partial charge is 0.159 e. The van der Waals surface area contributed by atoms with Crippen molar-refractivity contribution in [3.8, 4) is 0 Å². The summed E-state index contributed by atoms with van der Waals surface area (Å²) in [6.45, 7) is 5.12. The molecule has 0 aliphatic carbocycles. The van der Waals surface area contributed by atoms with E-state index in [1.807, 2.05) is 25.6 Å². The zero-order chi connectivity index (χ0) is 14.0. The molecule has 1 heterocycles. The molecule has 2 aromatic rings. The predicted molar refractivity (Wildman–Crippen MR) is 69.6 cm³/mol. The summed E-state index contributed by atoms with van der Waals surface area (Å²) in [5.74, 6) is -1.63. The summed E-state index contributed by atoms with van der Waals surface area (Å²) in [6, 6.07) is 3.94. The van der Waals surface area contributed by atoms with Crippen LogP contribution in [0, 0.1) is 25.5 Å². The number of halogens is 2. The van der Waals surface area contributed by atoms with Crippen LogP contribution in [0.3, 0.4) is 0 Å². The molecule has 0 amide bonds. The van der Waals surface area contributed by atoms with E-state index >= 15 is 0 Å². The third kappa shape index (κ3) is 2.98. The average molecular weight is 265 g/mol. The predicted octanol–water partition coefficient (Wildman–Crippen LogP) is 2.60. The number of hydrogen-bond donors (Lipinski definition) is 1. The summed E-state index contributed by atoms with van der Waals surface area (Å²) in [7, 11) is 1.90. The van der Waals surface area contributed by atoms with Gasteiger partial charge < -0.3 is 5.32 Å². The zero-order valence-corrected chi connectivity index (χ0v) is 11.3. The molecule has 0 aliphatic heterocycles. The van der Waals surface area contributed by atoms with Crippen LogP contribution in [0.25, 0.3) is 0 Å². The maximum atomic E-state index is 13.0. The van der Waals surface area contributed by atoms with Gasteiger partial charge in [0.2, 0.25) is 0 Å². The Balaban J connectivity index is 1.98. The SMILES string of the molecule is Cc1nn(C)c(C)c1CNCc1ccc(F)c(F)c1. The molecule has 5 heteroatoms. The van der Waals surface area contributed by atoms with Crippen LogP contribution in [0.2, 0.25) is 0 Å². The molecule has 0 saturated heterocycles. The van der Waals surface area contributed by atoms with Crippen LogP contribution >= 0.6 is 0 Å². The first-order valence-corrected chi connectivity index (χ1v) is 6.12. The van der Waals surface area contributed by atoms with Gasteiger partial charge in [-0.1, -0.05) is 6.07 Å². The van der Waals surface area contributed by atoms with Gasteiger partial charge in [-0.3, -0.25) is 4.68 Å². The number of aryl methyl sites for hydroxylation is 2. The van der Waals surface area contributed by atoms with Gasteiger partial charge in [0.25, 0.3) is 0 Å². The second-order valence-corrected chi connectivity index (χ2v) is 4.62. The normalized spacial score (nSPS) is 11.0. The van der Waals surface area contributed by atoms with E-state index in [1.165, 1.54) is 6.07 Å². The van der Waals surface area contributed by atoms with E-state index in [0.717, 1.165) is 28.6 Å². The molecule has 102 valence electrons. The topological polar surface area (TPSA) is 29.9 Å². The van der Waals surface area contributed by atoms with Crippen LogP contribution in [-0.4, -0.2) is 9.78 Å². The molecule has 2 rings (SSSR count). The van der Waals surface area contributed by atoms with Crippen molar-refractivity contribution in [3.63, 3.8) is 0 Å². The first-order valence-electron chi connectivity index (χ1n) is 6.12. The Labute approximate surface area is 111 Å². The van der Waals surface area contributed by atoms with Crippen LogP contribution in [0.4, 0.5) is 8.78 Å². The second-order valence-electron chi connectivity index (χ2n) is 4.62. The van der Waals surface area contributed by atoms with Gasteiger partial charge >= 0.3 is 0 Å². The quantitative estimate of drug-likeness (QED) is 0.921. The van der Waals surface area contributed by atoms with E-state index in [4.69, 9.17) is 0 Å². The summed E-state index contributed by atoms with van der Waals surface area (Å²) in [6.07, 6.45) is 0. The molecule has 0 atom stereocenters. The van der Waals surface area contributed by atoms with Crippen molar-refractivity contribution in [3.05, 3.63) is 52.3 Å². The van der Waals surface area contributed by atoms with Gasteiger partial charge in [-0.25, -0.2) is 8.78 Å². The Morgan fingerprint density at radius 3 is 2.47 bits per heavy atom. The lowest BCUT2D eigenvalue weighted by molar-refractivity contribution is 0.506. The maximum absolute atomic E-state index is 13.0. The van der Waals surface area contributed by atoms with E-state index in [9.17, 15) is 8.78 Å². The highest BCUT2D eigenvalue weighted by molar-refractivity contribution is 5.24. The van der Waals surface area contributed by atoms with Gasteiger partial charge in [0.05, 0.1) is 5.69 Å². The number of aromatic nitrogens is 2. The van der Waals surface area contributed by atoms with Crippen molar-refractivity contribution in [1.82, 2.24) is 15.1 Å². The summed E-state index contributed by atoms with van der Waals surface area (Å²) in [5, 5.41) is 7.55. The van der Waals surface area contributed by atoms with Gasteiger partial charge in [0.1, 0.15) is 0 Å². The van der Waals surface area contributed by atoms with E-state index in [1.54, 1.807) is 6.07 Å². The Kier molecular flexibility index (Phi) is 3.95. The summed E-state index contributed by atoms with van der Waals surface area (Å²) < 4.78 is 27.7. The lowest BCUT2D eigenvalue weighted by Crippen LogP contribution is -2.14. The molecule has 1 aromatic heterocycles. The van der Waals surface area contributed by atoms with Gasteiger partial charge in [-0.2, -0.15) is 5.10 Å². The van der Waals surface area contributed by atoms with Gasteiger partial charge in [0, 0.05) is 31.4 Å². The Morgan fingerprint density at radius 1 is 1.16 bits per heavy atom.